The van der Waals surface area contributed by atoms with Crippen molar-refractivity contribution in [3.8, 4) is 0 Å². The van der Waals surface area contributed by atoms with E-state index in [0.29, 0.717) is 18.5 Å². The lowest BCUT2D eigenvalue weighted by molar-refractivity contribution is 0.0804. The van der Waals surface area contributed by atoms with Gasteiger partial charge in [0, 0.05) is 18.3 Å². The van der Waals surface area contributed by atoms with Crippen LogP contribution in [-0.4, -0.2) is 29.3 Å². The van der Waals surface area contributed by atoms with Crippen molar-refractivity contribution in [2.24, 2.45) is 0 Å². The molecule has 0 spiro atoms. The van der Waals surface area contributed by atoms with Gasteiger partial charge in [-0.2, -0.15) is 11.8 Å². The number of fused-ring (bicyclic) bond motifs is 1. The molecule has 106 valence electrons. The quantitative estimate of drug-likeness (QED) is 0.867. The Balaban J connectivity index is 2.05. The molecule has 0 fully saturated rings. The average molecular weight is 279 g/mol. The van der Waals surface area contributed by atoms with Crippen molar-refractivity contribution in [3.05, 3.63) is 35.4 Å². The number of rotatable bonds is 5. The molecular formula is C16H25NOS. The van der Waals surface area contributed by atoms with Crippen LogP contribution in [0, 0.1) is 0 Å². The zero-order valence-electron chi connectivity index (χ0n) is 12.1. The van der Waals surface area contributed by atoms with Crippen LogP contribution >= 0.6 is 11.8 Å². The minimum Gasteiger partial charge on any atom is -0.388 e. The third-order valence-corrected chi connectivity index (χ3v) is 4.89. The maximum atomic E-state index is 10.3. The summed E-state index contributed by atoms with van der Waals surface area (Å²) in [7, 11) is 0. The molecular weight excluding hydrogens is 254 g/mol. The van der Waals surface area contributed by atoms with Crippen LogP contribution in [0.25, 0.3) is 0 Å². The second kappa shape index (κ2) is 6.29. The minimum absolute atomic E-state index is 0.390. The first kappa shape index (κ1) is 14.9. The molecule has 0 saturated heterocycles. The Bertz CT molecular complexity index is 419. The summed E-state index contributed by atoms with van der Waals surface area (Å²) < 4.78 is 0. The molecule has 2 nitrogen and oxygen atoms in total. The topological polar surface area (TPSA) is 32.3 Å². The second-order valence-corrected chi connectivity index (χ2v) is 6.84. The summed E-state index contributed by atoms with van der Waals surface area (Å²) in [5.74, 6) is 1.42. The predicted molar refractivity (Wildman–Crippen MR) is 83.8 cm³/mol. The van der Waals surface area contributed by atoms with Gasteiger partial charge >= 0.3 is 0 Å². The molecule has 0 bridgehead atoms. The van der Waals surface area contributed by atoms with Crippen LogP contribution in [0.15, 0.2) is 24.3 Å². The van der Waals surface area contributed by atoms with Crippen molar-refractivity contribution < 1.29 is 5.11 Å². The standard InChI is InChI=1S/C16H25NOS/c1-12-8-9-15(14-7-5-4-6-13(12)14)17-10-16(2,18)11-19-3/h4-7,12,15,17-18H,8-11H2,1-3H3. The first-order chi connectivity index (χ1) is 9.03. The van der Waals surface area contributed by atoms with Crippen molar-refractivity contribution in [1.29, 1.82) is 0 Å². The number of hydrogen-bond donors (Lipinski definition) is 2. The molecule has 0 aliphatic heterocycles. The highest BCUT2D eigenvalue weighted by Gasteiger charge is 2.26. The fraction of sp³-hybridized carbons (Fsp3) is 0.625. The van der Waals surface area contributed by atoms with Gasteiger partial charge in [0.2, 0.25) is 0 Å². The lowest BCUT2D eigenvalue weighted by Gasteiger charge is -2.33. The normalized spacial score (nSPS) is 25.7. The maximum Gasteiger partial charge on any atom is 0.0833 e. The summed E-state index contributed by atoms with van der Waals surface area (Å²) in [6, 6.07) is 9.10. The van der Waals surface area contributed by atoms with E-state index in [9.17, 15) is 5.11 Å². The molecule has 0 saturated carbocycles. The number of benzene rings is 1. The molecule has 2 rings (SSSR count). The molecule has 19 heavy (non-hydrogen) atoms. The average Bonchev–Trinajstić information content (AvgIpc) is 2.38. The Morgan fingerprint density at radius 2 is 2.00 bits per heavy atom. The summed E-state index contributed by atoms with van der Waals surface area (Å²) in [5, 5.41) is 13.8. The lowest BCUT2D eigenvalue weighted by atomic mass is 9.81. The molecule has 0 aromatic heterocycles. The molecule has 1 aliphatic rings. The third-order valence-electron chi connectivity index (χ3n) is 3.98. The van der Waals surface area contributed by atoms with Crippen molar-refractivity contribution >= 4 is 11.8 Å². The Morgan fingerprint density at radius 1 is 1.32 bits per heavy atom. The van der Waals surface area contributed by atoms with Gasteiger partial charge in [0.05, 0.1) is 5.60 Å². The van der Waals surface area contributed by atoms with Crippen LogP contribution in [0.3, 0.4) is 0 Å². The highest BCUT2D eigenvalue weighted by atomic mass is 32.2. The molecule has 3 unspecified atom stereocenters. The van der Waals surface area contributed by atoms with Crippen molar-refractivity contribution in [2.45, 2.75) is 44.2 Å². The van der Waals surface area contributed by atoms with E-state index < -0.39 is 5.60 Å². The third kappa shape index (κ3) is 3.74. The van der Waals surface area contributed by atoms with E-state index >= 15 is 0 Å². The number of thioether (sulfide) groups is 1. The molecule has 3 heteroatoms. The van der Waals surface area contributed by atoms with E-state index in [1.807, 2.05) is 13.2 Å². The van der Waals surface area contributed by atoms with E-state index in [-0.39, 0.29) is 0 Å². The number of aliphatic hydroxyl groups is 1. The van der Waals surface area contributed by atoms with Gasteiger partial charge in [-0.05, 0) is 43.1 Å². The van der Waals surface area contributed by atoms with Crippen LogP contribution < -0.4 is 5.32 Å². The highest BCUT2D eigenvalue weighted by Crippen LogP contribution is 2.37. The van der Waals surface area contributed by atoms with Gasteiger partial charge in [0.15, 0.2) is 0 Å². The van der Waals surface area contributed by atoms with Crippen molar-refractivity contribution in [2.75, 3.05) is 18.6 Å². The van der Waals surface area contributed by atoms with Gasteiger partial charge in [0.1, 0.15) is 0 Å². The molecule has 1 aromatic rings. The Hall–Kier alpha value is -0.510. The summed E-state index contributed by atoms with van der Waals surface area (Å²) in [6.07, 6.45) is 4.42. The van der Waals surface area contributed by atoms with Gasteiger partial charge in [-0.25, -0.2) is 0 Å². The van der Waals surface area contributed by atoms with Gasteiger partial charge in [-0.15, -0.1) is 0 Å². The molecule has 3 atom stereocenters. The Labute approximate surface area is 121 Å². The Kier molecular flexibility index (Phi) is 4.93. The first-order valence-corrected chi connectivity index (χ1v) is 8.46. The molecule has 2 N–H and O–H groups in total. The fourth-order valence-electron chi connectivity index (χ4n) is 2.92. The summed E-state index contributed by atoms with van der Waals surface area (Å²) in [4.78, 5) is 0. The van der Waals surface area contributed by atoms with E-state index in [1.165, 1.54) is 17.5 Å². The van der Waals surface area contributed by atoms with Crippen LogP contribution in [0.2, 0.25) is 0 Å². The van der Waals surface area contributed by atoms with Gasteiger partial charge in [-0.3, -0.25) is 0 Å². The number of nitrogens with one attached hydrogen (secondary N) is 1. The van der Waals surface area contributed by atoms with Crippen LogP contribution in [-0.2, 0) is 0 Å². The van der Waals surface area contributed by atoms with Gasteiger partial charge < -0.3 is 10.4 Å². The van der Waals surface area contributed by atoms with Gasteiger partial charge in [0.25, 0.3) is 0 Å². The van der Waals surface area contributed by atoms with Crippen LogP contribution in [0.1, 0.15) is 49.8 Å². The van der Waals surface area contributed by atoms with E-state index in [1.54, 1.807) is 11.8 Å². The Morgan fingerprint density at radius 3 is 2.68 bits per heavy atom. The van der Waals surface area contributed by atoms with Gasteiger partial charge in [-0.1, -0.05) is 31.2 Å². The summed E-state index contributed by atoms with van der Waals surface area (Å²) in [6.45, 7) is 4.87. The summed E-state index contributed by atoms with van der Waals surface area (Å²) >= 11 is 1.69. The predicted octanol–water partition coefficient (Wildman–Crippen LogP) is 3.33. The number of hydrogen-bond acceptors (Lipinski definition) is 3. The van der Waals surface area contributed by atoms with E-state index in [2.05, 4.69) is 36.5 Å². The van der Waals surface area contributed by atoms with Crippen LogP contribution in [0.5, 0.6) is 0 Å². The molecule has 1 aliphatic carbocycles. The second-order valence-electron chi connectivity index (χ2n) is 5.97. The smallest absolute Gasteiger partial charge is 0.0833 e. The minimum atomic E-state index is -0.628. The van der Waals surface area contributed by atoms with Crippen molar-refractivity contribution in [3.63, 3.8) is 0 Å². The summed E-state index contributed by atoms with van der Waals surface area (Å²) in [5.41, 5.74) is 2.26. The van der Waals surface area contributed by atoms with E-state index in [0.717, 1.165) is 12.2 Å². The highest BCUT2D eigenvalue weighted by molar-refractivity contribution is 7.98. The molecule has 1 aromatic carbocycles. The SMILES string of the molecule is CSCC(C)(O)CNC1CCC(C)c2ccccc21. The lowest BCUT2D eigenvalue weighted by Crippen LogP contribution is -2.42. The maximum absolute atomic E-state index is 10.3. The monoisotopic (exact) mass is 279 g/mol. The van der Waals surface area contributed by atoms with Crippen LogP contribution in [0.4, 0.5) is 0 Å². The zero-order valence-corrected chi connectivity index (χ0v) is 13.0. The zero-order chi connectivity index (χ0) is 13.9. The molecule has 0 radical (unpaired) electrons. The van der Waals surface area contributed by atoms with E-state index in [4.69, 9.17) is 0 Å². The largest absolute Gasteiger partial charge is 0.388 e. The first-order valence-electron chi connectivity index (χ1n) is 7.07. The molecule has 0 amide bonds. The molecule has 0 heterocycles. The van der Waals surface area contributed by atoms with Crippen molar-refractivity contribution in [1.82, 2.24) is 5.32 Å². The fourth-order valence-corrected chi connectivity index (χ4v) is 3.65.